The zero-order valence-electron chi connectivity index (χ0n) is 17.8. The lowest BCUT2D eigenvalue weighted by molar-refractivity contribution is -0.132. The second-order valence-electron chi connectivity index (χ2n) is 8.34. The van der Waals surface area contributed by atoms with E-state index in [1.165, 1.54) is 5.56 Å². The summed E-state index contributed by atoms with van der Waals surface area (Å²) < 4.78 is 6.10. The number of aryl methyl sites for hydroxylation is 1. The lowest BCUT2D eigenvalue weighted by Gasteiger charge is -2.18. The topological polar surface area (TPSA) is 48.0 Å². The van der Waals surface area contributed by atoms with Gasteiger partial charge >= 0.3 is 0 Å². The Kier molecular flexibility index (Phi) is 4.24. The lowest BCUT2D eigenvalue weighted by atomic mass is 10.2. The molecule has 0 aliphatic carbocycles. The fourth-order valence-corrected chi connectivity index (χ4v) is 4.51. The second-order valence-corrected chi connectivity index (χ2v) is 8.34. The number of para-hydroxylation sites is 1. The average Bonchev–Trinajstić information content (AvgIpc) is 3.58. The second kappa shape index (κ2) is 7.27. The number of hydrogen-bond acceptors (Lipinski definition) is 2. The lowest BCUT2D eigenvalue weighted by Crippen LogP contribution is -2.29. The maximum absolute atomic E-state index is 13.2. The quantitative estimate of drug-likeness (QED) is 0.430. The Morgan fingerprint density at radius 1 is 0.906 bits per heavy atom. The minimum Gasteiger partial charge on any atom is -0.338 e. The van der Waals surface area contributed by atoms with Crippen molar-refractivity contribution in [1.29, 1.82) is 0 Å². The van der Waals surface area contributed by atoms with Crippen LogP contribution < -0.4 is 0 Å². The Hall–Kier alpha value is -4.06. The highest BCUT2D eigenvalue weighted by Crippen LogP contribution is 2.31. The van der Waals surface area contributed by atoms with Crippen LogP contribution in [0.15, 0.2) is 85.3 Å². The van der Waals surface area contributed by atoms with E-state index in [1.54, 1.807) is 0 Å². The number of benzene rings is 2. The van der Waals surface area contributed by atoms with Crippen LogP contribution in [0.2, 0.25) is 0 Å². The molecule has 3 aromatic heterocycles. The van der Waals surface area contributed by atoms with Gasteiger partial charge in [-0.25, -0.2) is 4.68 Å². The van der Waals surface area contributed by atoms with E-state index in [1.807, 2.05) is 57.0 Å². The van der Waals surface area contributed by atoms with E-state index in [0.29, 0.717) is 19.6 Å². The maximum atomic E-state index is 13.2. The Labute approximate surface area is 185 Å². The highest BCUT2D eigenvalue weighted by Gasteiger charge is 2.31. The van der Waals surface area contributed by atoms with E-state index >= 15 is 0 Å². The number of rotatable bonds is 4. The van der Waals surface area contributed by atoms with Crippen LogP contribution in [0, 0.1) is 6.92 Å². The van der Waals surface area contributed by atoms with Gasteiger partial charge in [-0.1, -0.05) is 35.9 Å². The monoisotopic (exact) mass is 421 g/mol. The largest absolute Gasteiger partial charge is 0.338 e. The molecular formula is C26H23N5O. The number of amides is 1. The van der Waals surface area contributed by atoms with Crippen molar-refractivity contribution < 1.29 is 4.79 Å². The summed E-state index contributed by atoms with van der Waals surface area (Å²) in [5.74, 6) is 1.10. The van der Waals surface area contributed by atoms with Crippen LogP contribution in [0.25, 0.3) is 22.4 Å². The first-order chi connectivity index (χ1) is 15.7. The third kappa shape index (κ3) is 3.03. The molecule has 5 aromatic rings. The summed E-state index contributed by atoms with van der Waals surface area (Å²) in [6.07, 6.45) is 6.04. The first-order valence-electron chi connectivity index (χ1n) is 10.8. The van der Waals surface area contributed by atoms with Crippen molar-refractivity contribution in [3.63, 3.8) is 0 Å². The van der Waals surface area contributed by atoms with Gasteiger partial charge in [-0.3, -0.25) is 4.79 Å². The van der Waals surface area contributed by atoms with Crippen molar-refractivity contribution in [2.75, 3.05) is 0 Å². The third-order valence-corrected chi connectivity index (χ3v) is 6.20. The molecule has 0 radical (unpaired) electrons. The molecule has 6 heteroatoms. The summed E-state index contributed by atoms with van der Waals surface area (Å²) >= 11 is 0. The normalized spacial score (nSPS) is 13.1. The van der Waals surface area contributed by atoms with Crippen molar-refractivity contribution in [3.05, 3.63) is 102 Å². The van der Waals surface area contributed by atoms with Gasteiger partial charge in [-0.15, -0.1) is 0 Å². The molecule has 0 fully saturated rings. The number of aromatic nitrogens is 4. The zero-order valence-corrected chi connectivity index (χ0v) is 17.8. The minimum atomic E-state index is 0.102. The van der Waals surface area contributed by atoms with E-state index < -0.39 is 0 Å². The molecule has 0 N–H and O–H groups in total. The molecule has 158 valence electrons. The molecule has 2 aromatic carbocycles. The highest BCUT2D eigenvalue weighted by atomic mass is 16.2. The first kappa shape index (κ1) is 18.7. The Balaban J connectivity index is 1.32. The molecule has 1 aliphatic rings. The van der Waals surface area contributed by atoms with Crippen molar-refractivity contribution in [2.45, 2.75) is 26.6 Å². The molecule has 0 unspecified atom stereocenters. The van der Waals surface area contributed by atoms with Gasteiger partial charge in [0.2, 0.25) is 5.91 Å². The maximum Gasteiger partial charge on any atom is 0.243 e. The highest BCUT2D eigenvalue weighted by molar-refractivity contribution is 5.83. The molecule has 1 aliphatic heterocycles. The van der Waals surface area contributed by atoms with Crippen LogP contribution in [0.3, 0.4) is 0 Å². The molecule has 6 nitrogen and oxygen atoms in total. The van der Waals surface area contributed by atoms with Crippen LogP contribution in [0.5, 0.6) is 0 Å². The Bertz CT molecular complexity index is 1420. The van der Waals surface area contributed by atoms with Gasteiger partial charge in [0.25, 0.3) is 0 Å². The van der Waals surface area contributed by atoms with Gasteiger partial charge in [-0.2, -0.15) is 5.10 Å². The average molecular weight is 422 g/mol. The minimum absolute atomic E-state index is 0.102. The summed E-state index contributed by atoms with van der Waals surface area (Å²) in [4.78, 5) is 15.1. The predicted octanol–water partition coefficient (Wildman–Crippen LogP) is 4.47. The standard InChI is InChI=1S/C26H23N5O/c1-19-8-10-21(11-9-19)31-26(28-13-4-5-14-28)22-16-30(17-23(22)27-31)25(32)18-29-15-12-20-6-2-3-7-24(20)29/h2-15H,16-18H2,1H3. The predicted molar refractivity (Wildman–Crippen MR) is 124 cm³/mol. The van der Waals surface area contributed by atoms with Crippen molar-refractivity contribution >= 4 is 16.8 Å². The SMILES string of the molecule is Cc1ccc(-n2nc3c(c2-n2cccc2)CN(C(=O)Cn2ccc4ccccc42)C3)cc1. The van der Waals surface area contributed by atoms with Gasteiger partial charge < -0.3 is 14.0 Å². The van der Waals surface area contributed by atoms with Gasteiger partial charge in [0.15, 0.2) is 0 Å². The molecule has 0 spiro atoms. The van der Waals surface area contributed by atoms with E-state index in [4.69, 9.17) is 5.10 Å². The number of hydrogen-bond donors (Lipinski definition) is 0. The summed E-state index contributed by atoms with van der Waals surface area (Å²) in [6.45, 7) is 3.50. The van der Waals surface area contributed by atoms with Crippen molar-refractivity contribution in [2.24, 2.45) is 0 Å². The fourth-order valence-electron chi connectivity index (χ4n) is 4.51. The smallest absolute Gasteiger partial charge is 0.243 e. The Morgan fingerprint density at radius 3 is 2.50 bits per heavy atom. The van der Waals surface area contributed by atoms with Gasteiger partial charge in [-0.05, 0) is 48.7 Å². The zero-order chi connectivity index (χ0) is 21.7. The molecule has 4 heterocycles. The molecule has 32 heavy (non-hydrogen) atoms. The first-order valence-corrected chi connectivity index (χ1v) is 10.8. The fraction of sp³-hybridized carbons (Fsp3) is 0.154. The molecule has 0 saturated heterocycles. The Morgan fingerprint density at radius 2 is 1.69 bits per heavy atom. The summed E-state index contributed by atoms with van der Waals surface area (Å²) in [6, 6.07) is 22.6. The summed E-state index contributed by atoms with van der Waals surface area (Å²) in [5.41, 5.74) is 5.37. The van der Waals surface area contributed by atoms with Crippen LogP contribution >= 0.6 is 0 Å². The van der Waals surface area contributed by atoms with Gasteiger partial charge in [0.05, 0.1) is 24.5 Å². The number of fused-ring (bicyclic) bond motifs is 2. The molecule has 0 saturated carbocycles. The van der Waals surface area contributed by atoms with E-state index in [2.05, 4.69) is 54.0 Å². The summed E-state index contributed by atoms with van der Waals surface area (Å²) in [5, 5.41) is 6.07. The van der Waals surface area contributed by atoms with E-state index in [0.717, 1.165) is 33.7 Å². The van der Waals surface area contributed by atoms with E-state index in [-0.39, 0.29) is 5.91 Å². The third-order valence-electron chi connectivity index (χ3n) is 6.20. The molecule has 0 bridgehead atoms. The molecule has 0 atom stereocenters. The molecular weight excluding hydrogens is 398 g/mol. The van der Waals surface area contributed by atoms with Gasteiger partial charge in [0, 0.05) is 29.7 Å². The van der Waals surface area contributed by atoms with Gasteiger partial charge in [0.1, 0.15) is 12.4 Å². The number of carbonyl (C=O) groups excluding carboxylic acids is 1. The van der Waals surface area contributed by atoms with Crippen molar-refractivity contribution in [3.8, 4) is 11.5 Å². The van der Waals surface area contributed by atoms with Crippen LogP contribution in [0.1, 0.15) is 16.8 Å². The van der Waals surface area contributed by atoms with E-state index in [9.17, 15) is 4.79 Å². The number of carbonyl (C=O) groups is 1. The van der Waals surface area contributed by atoms with Crippen molar-refractivity contribution in [1.82, 2.24) is 23.8 Å². The number of nitrogens with zero attached hydrogens (tertiary/aromatic N) is 5. The van der Waals surface area contributed by atoms with Crippen LogP contribution in [0.4, 0.5) is 0 Å². The van der Waals surface area contributed by atoms with Crippen LogP contribution in [-0.4, -0.2) is 29.7 Å². The summed E-state index contributed by atoms with van der Waals surface area (Å²) in [7, 11) is 0. The molecule has 6 rings (SSSR count). The molecule has 1 amide bonds. The van der Waals surface area contributed by atoms with Crippen LogP contribution in [-0.2, 0) is 24.4 Å².